The fourth-order valence-corrected chi connectivity index (χ4v) is 5.77. The zero-order chi connectivity index (χ0) is 32.8. The van der Waals surface area contributed by atoms with E-state index in [1.165, 1.54) is 33.5 Å². The maximum atomic E-state index is 14.8. The van der Waals surface area contributed by atoms with Gasteiger partial charge in [-0.1, -0.05) is 30.3 Å². The van der Waals surface area contributed by atoms with Gasteiger partial charge in [-0.25, -0.2) is 18.4 Å². The molecule has 1 N–H and O–H groups in total. The zero-order valence-electron chi connectivity index (χ0n) is 25.0. The molecule has 0 fully saturated rings. The number of ether oxygens (including phenoxy) is 2. The molecule has 0 saturated carbocycles. The molecule has 47 heavy (non-hydrogen) atoms. The lowest BCUT2D eigenvalue weighted by atomic mass is 9.98. The third-order valence-corrected chi connectivity index (χ3v) is 7.72. The van der Waals surface area contributed by atoms with Gasteiger partial charge in [0, 0.05) is 50.4 Å². The largest absolute Gasteiger partial charge is 0.475 e. The summed E-state index contributed by atoms with van der Waals surface area (Å²) in [7, 11) is 3.21. The molecule has 3 aliphatic rings. The quantitative estimate of drug-likeness (QED) is 0.224. The average Bonchev–Trinajstić information content (AvgIpc) is 3.81. The lowest BCUT2D eigenvalue weighted by molar-refractivity contribution is -0.0527. The second kappa shape index (κ2) is 11.9. The monoisotopic (exact) mass is 649 g/mol. The molecule has 0 bridgehead atoms. The molecule has 12 nitrogen and oxygen atoms in total. The first-order valence-corrected chi connectivity index (χ1v) is 14.5. The summed E-state index contributed by atoms with van der Waals surface area (Å²) in [6.45, 7) is -2.82. The van der Waals surface area contributed by atoms with E-state index < -0.39 is 36.6 Å². The fraction of sp³-hybridized carbons (Fsp3) is 0.258. The van der Waals surface area contributed by atoms with Gasteiger partial charge >= 0.3 is 6.61 Å². The maximum Gasteiger partial charge on any atom is 0.388 e. The van der Waals surface area contributed by atoms with Crippen LogP contribution >= 0.6 is 0 Å². The Labute approximate surface area is 264 Å². The Bertz CT molecular complexity index is 2030. The van der Waals surface area contributed by atoms with Gasteiger partial charge in [0.05, 0.1) is 41.2 Å². The van der Waals surface area contributed by atoms with E-state index in [2.05, 4.69) is 20.6 Å². The predicted molar refractivity (Wildman–Crippen MR) is 159 cm³/mol. The van der Waals surface area contributed by atoms with E-state index in [0.717, 1.165) is 5.56 Å². The number of pyridine rings is 1. The maximum absolute atomic E-state index is 14.8. The Balaban J connectivity index is 1.37. The normalized spacial score (nSPS) is 14.5. The van der Waals surface area contributed by atoms with E-state index in [9.17, 15) is 22.4 Å². The summed E-state index contributed by atoms with van der Waals surface area (Å²) in [5.74, 6) is -0.388. The van der Waals surface area contributed by atoms with Crippen LogP contribution in [0.4, 0.5) is 17.6 Å². The van der Waals surface area contributed by atoms with Crippen molar-refractivity contribution in [2.24, 2.45) is 14.1 Å². The van der Waals surface area contributed by atoms with Crippen molar-refractivity contribution in [1.29, 1.82) is 0 Å². The number of nitrogens with zero attached hydrogens (tertiary/aromatic N) is 8. The van der Waals surface area contributed by atoms with Crippen molar-refractivity contribution in [3.63, 3.8) is 0 Å². The number of benzene rings is 1. The van der Waals surface area contributed by atoms with Crippen LogP contribution in [-0.4, -0.2) is 64.1 Å². The Morgan fingerprint density at radius 1 is 1.02 bits per heavy atom. The standard InChI is InChI=1S/C31H27F4N9O3/c1-41-13-18(11-36-41)28(45)37-19-14-44-30(46-16-19)23(25(39-44)26(32)33)24-22(21-15-42(2)40-29(21)47-31(34)35)20-9-6-10-43(27(20)38-24)12-17-7-4-3-5-8-17/h3-11,13,15,19,26,31H,12,14,16H2,1-2H3,(H,37,45)/t19-/m0/s1. The van der Waals surface area contributed by atoms with Gasteiger partial charge in [0.2, 0.25) is 11.8 Å². The van der Waals surface area contributed by atoms with Gasteiger partial charge in [-0.05, 0) is 17.7 Å². The number of fused-ring (bicyclic) bond motifs is 2. The molecule has 1 aromatic carbocycles. The number of alkyl halides is 4. The minimum absolute atomic E-state index is 0.00561. The van der Waals surface area contributed by atoms with Gasteiger partial charge in [0.25, 0.3) is 12.3 Å². The van der Waals surface area contributed by atoms with E-state index in [1.807, 2.05) is 34.9 Å². The number of hydrogen-bond donors (Lipinski definition) is 1. The molecule has 242 valence electrons. The molecule has 16 heteroatoms. The van der Waals surface area contributed by atoms with E-state index in [4.69, 9.17) is 14.5 Å². The van der Waals surface area contributed by atoms with Crippen molar-refractivity contribution in [3.05, 3.63) is 84.1 Å². The van der Waals surface area contributed by atoms with Crippen LogP contribution in [0, 0.1) is 0 Å². The van der Waals surface area contributed by atoms with E-state index in [-0.39, 0.29) is 41.4 Å². The van der Waals surface area contributed by atoms with Crippen molar-refractivity contribution in [1.82, 2.24) is 44.2 Å². The summed E-state index contributed by atoms with van der Waals surface area (Å²) in [5, 5.41) is 15.1. The highest BCUT2D eigenvalue weighted by Crippen LogP contribution is 2.49. The summed E-state index contributed by atoms with van der Waals surface area (Å²) >= 11 is 0. The summed E-state index contributed by atoms with van der Waals surface area (Å²) in [6, 6.07) is 12.4. The molecule has 6 heterocycles. The number of halogens is 4. The van der Waals surface area contributed by atoms with E-state index in [0.29, 0.717) is 23.5 Å². The first kappa shape index (κ1) is 30.0. The van der Waals surface area contributed by atoms with Gasteiger partial charge in [-0.3, -0.25) is 14.2 Å². The molecule has 0 unspecified atom stereocenters. The van der Waals surface area contributed by atoms with Crippen molar-refractivity contribution in [2.75, 3.05) is 6.61 Å². The highest BCUT2D eigenvalue weighted by Gasteiger charge is 2.37. The van der Waals surface area contributed by atoms with Gasteiger partial charge in [0.15, 0.2) is 0 Å². The number of carbonyl (C=O) groups excluding carboxylic acids is 1. The molecule has 1 amide bonds. The number of rotatable bonds is 9. The highest BCUT2D eigenvalue weighted by atomic mass is 19.3. The summed E-state index contributed by atoms with van der Waals surface area (Å²) in [5.41, 5.74) is 1.47. The van der Waals surface area contributed by atoms with Crippen molar-refractivity contribution < 1.29 is 31.8 Å². The zero-order valence-corrected chi connectivity index (χ0v) is 25.0. The van der Waals surface area contributed by atoms with E-state index in [1.54, 1.807) is 31.6 Å². The third kappa shape index (κ3) is 5.66. The molecular weight excluding hydrogens is 622 g/mol. The molecular formula is C31H27F4N9O3. The molecule has 0 aliphatic carbocycles. The second-order valence-electron chi connectivity index (χ2n) is 11.0. The number of nitrogens with one attached hydrogen (secondary N) is 1. The predicted octanol–water partition coefficient (Wildman–Crippen LogP) is 4.76. The molecule has 0 spiro atoms. The number of aryl methyl sites for hydroxylation is 2. The van der Waals surface area contributed by atoms with Crippen LogP contribution in [0.3, 0.4) is 0 Å². The number of aromatic nitrogens is 8. The third-order valence-electron chi connectivity index (χ3n) is 7.72. The Kier molecular flexibility index (Phi) is 7.61. The Hall–Kier alpha value is -5.67. The highest BCUT2D eigenvalue weighted by molar-refractivity contribution is 5.97. The summed E-state index contributed by atoms with van der Waals surface area (Å²) < 4.78 is 73.2. The molecule has 0 radical (unpaired) electrons. The van der Waals surface area contributed by atoms with Crippen LogP contribution in [0.1, 0.15) is 28.0 Å². The van der Waals surface area contributed by atoms with Gasteiger partial charge < -0.3 is 19.4 Å². The Morgan fingerprint density at radius 2 is 1.83 bits per heavy atom. The van der Waals surface area contributed by atoms with Crippen molar-refractivity contribution in [3.8, 4) is 45.5 Å². The lowest BCUT2D eigenvalue weighted by Gasteiger charge is -2.25. The van der Waals surface area contributed by atoms with Crippen LogP contribution in [-0.2, 0) is 27.2 Å². The summed E-state index contributed by atoms with van der Waals surface area (Å²) in [4.78, 5) is 17.6. The first-order valence-electron chi connectivity index (χ1n) is 14.5. The average molecular weight is 650 g/mol. The number of hydrogen-bond acceptors (Lipinski definition) is 7. The van der Waals surface area contributed by atoms with Gasteiger partial charge in [-0.2, -0.15) is 19.0 Å². The van der Waals surface area contributed by atoms with Gasteiger partial charge in [0.1, 0.15) is 18.1 Å². The smallest absolute Gasteiger partial charge is 0.388 e. The number of carbonyl (C=O) groups is 1. The van der Waals surface area contributed by atoms with Gasteiger partial charge in [-0.15, -0.1) is 5.10 Å². The lowest BCUT2D eigenvalue weighted by Crippen LogP contribution is -2.44. The molecule has 1 atom stereocenters. The van der Waals surface area contributed by atoms with Crippen molar-refractivity contribution in [2.45, 2.75) is 32.2 Å². The minimum atomic E-state index is -3.19. The molecule has 3 aliphatic heterocycles. The van der Waals surface area contributed by atoms with Crippen LogP contribution in [0.5, 0.6) is 11.8 Å². The molecule has 4 aromatic rings. The summed E-state index contributed by atoms with van der Waals surface area (Å²) in [6.07, 6.45) is 3.17. The number of amides is 1. The fourth-order valence-electron chi connectivity index (χ4n) is 5.77. The first-order chi connectivity index (χ1) is 22.7. The van der Waals surface area contributed by atoms with Crippen LogP contribution in [0.15, 0.2) is 67.3 Å². The van der Waals surface area contributed by atoms with E-state index >= 15 is 0 Å². The van der Waals surface area contributed by atoms with Crippen LogP contribution in [0.2, 0.25) is 0 Å². The van der Waals surface area contributed by atoms with Crippen LogP contribution < -0.4 is 14.8 Å². The van der Waals surface area contributed by atoms with Crippen molar-refractivity contribution >= 4 is 5.91 Å². The Morgan fingerprint density at radius 3 is 2.55 bits per heavy atom. The topological polar surface area (TPSA) is 119 Å². The second-order valence-corrected chi connectivity index (χ2v) is 11.0. The minimum Gasteiger partial charge on any atom is -0.475 e. The van der Waals surface area contributed by atoms with Crippen LogP contribution in [0.25, 0.3) is 33.8 Å². The SMILES string of the molecule is Cn1cc(C(=O)N[C@@H]2COc3c(-c4nc5n(Cc6ccccc6)cccc-5c4-c4cn(C)nc4OC(F)F)c(C(F)F)nn3C2)cn1. The molecule has 3 aromatic heterocycles. The molecule has 0 saturated heterocycles. The molecule has 7 rings (SSSR count).